The molecule has 63 heavy (non-hydrogen) atoms. The number of allylic oxidation sites excluding steroid dienone is 4. The van der Waals surface area contributed by atoms with Crippen LogP contribution in [0.1, 0.15) is 53.6 Å². The van der Waals surface area contributed by atoms with Gasteiger partial charge in [-0.15, -0.1) is 0 Å². The van der Waals surface area contributed by atoms with Gasteiger partial charge in [0.15, 0.2) is 5.71 Å². The lowest BCUT2D eigenvalue weighted by Crippen LogP contribution is -2.39. The maximum atomic E-state index is 2.70. The molecule has 0 saturated carbocycles. The molecule has 310 valence electrons. The molecule has 2 aliphatic rings. The molecule has 0 spiro atoms. The molecule has 0 bridgehead atoms. The lowest BCUT2D eigenvalue weighted by Gasteiger charge is -2.34. The normalized spacial score (nSPS) is 15.9. The second-order valence-corrected chi connectivity index (χ2v) is 18.4. The van der Waals surface area contributed by atoms with Gasteiger partial charge in [-0.3, -0.25) is 0 Å². The molecule has 0 aliphatic carbocycles. The van der Waals surface area contributed by atoms with Crippen LogP contribution in [0.5, 0.6) is 0 Å². The van der Waals surface area contributed by atoms with Crippen LogP contribution in [-0.4, -0.2) is 23.9 Å². The van der Waals surface area contributed by atoms with Crippen LogP contribution in [0.25, 0.3) is 21.5 Å². The van der Waals surface area contributed by atoms with Gasteiger partial charge in [-0.1, -0.05) is 190 Å². The van der Waals surface area contributed by atoms with E-state index in [1.165, 1.54) is 77.7 Å². The maximum absolute atomic E-state index is 2.70. The molecule has 8 aromatic rings. The minimum absolute atomic E-state index is 0.316. The first-order chi connectivity index (χ1) is 30.9. The summed E-state index contributed by atoms with van der Waals surface area (Å²) in [6.07, 6.45) is 12.1. The zero-order valence-corrected chi connectivity index (χ0v) is 36.9. The highest BCUT2D eigenvalue weighted by Crippen LogP contribution is 2.53. The maximum Gasteiger partial charge on any atom is 0.210 e. The van der Waals surface area contributed by atoms with Gasteiger partial charge in [0.1, 0.15) is 6.54 Å². The van der Waals surface area contributed by atoms with Crippen LogP contribution in [0.4, 0.5) is 11.4 Å². The summed E-state index contributed by atoms with van der Waals surface area (Å²) in [5, 5.41) is 5.20. The Morgan fingerprint density at radius 3 is 1.54 bits per heavy atom. The van der Waals surface area contributed by atoms with Crippen molar-refractivity contribution in [3.05, 3.63) is 251 Å². The molecule has 0 atom stereocenters. The van der Waals surface area contributed by atoms with Gasteiger partial charge < -0.3 is 4.90 Å². The number of likely N-dealkylation sites (N-methyl/N-ethyl adjacent to an activating group) is 1. The minimum Gasteiger partial charge on any atom is -0.347 e. The zero-order valence-electron chi connectivity index (χ0n) is 36.9. The second kappa shape index (κ2) is 17.2. The summed E-state index contributed by atoms with van der Waals surface area (Å²) in [5.41, 5.74) is 12.9. The van der Waals surface area contributed by atoms with Crippen molar-refractivity contribution in [3.63, 3.8) is 0 Å². The molecule has 0 fully saturated rings. The third-order valence-corrected chi connectivity index (χ3v) is 13.9. The summed E-state index contributed by atoms with van der Waals surface area (Å²) in [6, 6.07) is 72.3. The number of hydrogen-bond donors (Lipinski definition) is 0. The lowest BCUT2D eigenvalue weighted by atomic mass is 9.67. The van der Waals surface area contributed by atoms with Gasteiger partial charge in [0.2, 0.25) is 5.69 Å². The Hall–Kier alpha value is -6.77. The highest BCUT2D eigenvalue weighted by Gasteiger charge is 2.52. The fourth-order valence-corrected chi connectivity index (χ4v) is 11.0. The average molecular weight is 818 g/mol. The number of anilines is 1. The highest BCUT2D eigenvalue weighted by atomic mass is 15.2. The third-order valence-electron chi connectivity index (χ3n) is 13.9. The van der Waals surface area contributed by atoms with E-state index in [0.29, 0.717) is 5.92 Å². The van der Waals surface area contributed by atoms with Crippen molar-refractivity contribution in [1.82, 2.24) is 0 Å². The number of hydrogen-bond acceptors (Lipinski definition) is 1. The molecular weight excluding hydrogens is 761 g/mol. The van der Waals surface area contributed by atoms with E-state index in [0.717, 1.165) is 38.6 Å². The topological polar surface area (TPSA) is 6.25 Å². The summed E-state index contributed by atoms with van der Waals surface area (Å²) in [4.78, 5) is 2.50. The van der Waals surface area contributed by atoms with Gasteiger partial charge in [0.25, 0.3) is 0 Å². The van der Waals surface area contributed by atoms with E-state index in [1.807, 2.05) is 0 Å². The zero-order chi connectivity index (χ0) is 42.8. The summed E-state index contributed by atoms with van der Waals surface area (Å²) >= 11 is 0. The Morgan fingerprint density at radius 1 is 0.524 bits per heavy atom. The largest absolute Gasteiger partial charge is 0.347 e. The third kappa shape index (κ3) is 7.63. The minimum atomic E-state index is -0.335. The molecule has 2 heteroatoms. The van der Waals surface area contributed by atoms with Crippen molar-refractivity contribution in [3.8, 4) is 0 Å². The first-order valence-corrected chi connectivity index (χ1v) is 22.9. The van der Waals surface area contributed by atoms with Crippen molar-refractivity contribution < 1.29 is 4.58 Å². The molecule has 0 amide bonds. The number of benzene rings is 8. The number of rotatable bonds is 13. The summed E-state index contributed by atoms with van der Waals surface area (Å²) in [7, 11) is 2.29. The van der Waals surface area contributed by atoms with E-state index in [4.69, 9.17) is 0 Å². The van der Waals surface area contributed by atoms with Crippen molar-refractivity contribution >= 4 is 38.6 Å². The van der Waals surface area contributed by atoms with Crippen molar-refractivity contribution in [2.75, 3.05) is 18.5 Å². The Bertz CT molecular complexity index is 2890. The summed E-state index contributed by atoms with van der Waals surface area (Å²) < 4.78 is 2.70. The van der Waals surface area contributed by atoms with Gasteiger partial charge >= 0.3 is 0 Å². The predicted molar refractivity (Wildman–Crippen MR) is 267 cm³/mol. The number of nitrogens with zero attached hydrogens (tertiary/aromatic N) is 2. The standard InChI is InChI=1S/C61H57N2/c1-45(2)37-38-63-55-36-35-50-29-18-19-32-53(50)59(55)61(43-48-25-12-6-13-26-48,44-49-27-14-7-15-28-49)58(63)34-20-33-57-60(41-46-21-8-4-9-22-46,42-47-23-10-5-11-24-47)54-39-51-30-16-17-31-52(51)40-56(54)62(57)3/h4-36,39-40,45H,37-38,41-44H2,1-3H3/q+1. The smallest absolute Gasteiger partial charge is 0.210 e. The van der Waals surface area contributed by atoms with E-state index in [-0.39, 0.29) is 10.8 Å². The first kappa shape index (κ1) is 40.3. The van der Waals surface area contributed by atoms with Crippen LogP contribution in [0.3, 0.4) is 0 Å². The van der Waals surface area contributed by atoms with Gasteiger partial charge in [-0.05, 0) is 105 Å². The van der Waals surface area contributed by atoms with Crippen molar-refractivity contribution in [2.45, 2.75) is 56.8 Å². The monoisotopic (exact) mass is 817 g/mol. The molecule has 2 nitrogen and oxygen atoms in total. The Kier molecular flexibility index (Phi) is 11.0. The molecule has 0 aromatic heterocycles. The van der Waals surface area contributed by atoms with E-state index >= 15 is 0 Å². The Morgan fingerprint density at radius 2 is 1.00 bits per heavy atom. The Labute approximate surface area is 374 Å². The van der Waals surface area contributed by atoms with Gasteiger partial charge in [-0.2, -0.15) is 4.58 Å². The average Bonchev–Trinajstić information content (AvgIpc) is 3.69. The molecule has 0 N–H and O–H groups in total. The van der Waals surface area contributed by atoms with E-state index in [9.17, 15) is 0 Å². The van der Waals surface area contributed by atoms with E-state index in [2.05, 4.69) is 243 Å². The predicted octanol–water partition coefficient (Wildman–Crippen LogP) is 14.2. The lowest BCUT2D eigenvalue weighted by molar-refractivity contribution is -0.439. The quantitative estimate of drug-likeness (QED) is 0.105. The number of fused-ring (bicyclic) bond motifs is 5. The molecular formula is C61H57N2+. The van der Waals surface area contributed by atoms with Crippen LogP contribution in [0.15, 0.2) is 218 Å². The molecule has 0 saturated heterocycles. The SMILES string of the molecule is CC(C)CC[N+]1=C(/C=C/C=C2/N(C)c3cc4ccccc4cc3C2(Cc2ccccc2)Cc2ccccc2)C(Cc2ccccc2)(Cc2ccccc2)c2c1ccc1ccccc21. The molecule has 2 heterocycles. The first-order valence-electron chi connectivity index (χ1n) is 22.9. The van der Waals surface area contributed by atoms with Crippen molar-refractivity contribution in [2.24, 2.45) is 5.92 Å². The van der Waals surface area contributed by atoms with Gasteiger partial charge in [-0.25, -0.2) is 0 Å². The van der Waals surface area contributed by atoms with Crippen LogP contribution in [0, 0.1) is 5.92 Å². The van der Waals surface area contributed by atoms with Crippen LogP contribution < -0.4 is 4.90 Å². The Balaban J connectivity index is 1.22. The second-order valence-electron chi connectivity index (χ2n) is 18.4. The van der Waals surface area contributed by atoms with Crippen molar-refractivity contribution in [1.29, 1.82) is 0 Å². The fraction of sp³-hybridized carbons (Fsp3) is 0.197. The summed E-state index contributed by atoms with van der Waals surface area (Å²) in [5.74, 6) is 0.567. The van der Waals surface area contributed by atoms with Crippen LogP contribution in [0.2, 0.25) is 0 Å². The van der Waals surface area contributed by atoms with Gasteiger partial charge in [0, 0.05) is 48.0 Å². The molecule has 0 radical (unpaired) electrons. The van der Waals surface area contributed by atoms with Crippen LogP contribution >= 0.6 is 0 Å². The molecule has 2 aliphatic heterocycles. The van der Waals surface area contributed by atoms with Gasteiger partial charge in [0.05, 0.1) is 5.41 Å². The van der Waals surface area contributed by atoms with E-state index in [1.54, 1.807) is 0 Å². The summed E-state index contributed by atoms with van der Waals surface area (Å²) in [6.45, 7) is 5.66. The highest BCUT2D eigenvalue weighted by molar-refractivity contribution is 6.09. The van der Waals surface area contributed by atoms with E-state index < -0.39 is 0 Å². The van der Waals surface area contributed by atoms with Crippen LogP contribution in [-0.2, 0) is 36.5 Å². The molecule has 8 aromatic carbocycles. The molecule has 10 rings (SSSR count). The molecule has 0 unspecified atom stereocenters. The fourth-order valence-electron chi connectivity index (χ4n) is 11.0.